The van der Waals surface area contributed by atoms with Gasteiger partial charge in [-0.3, -0.25) is 0 Å². The summed E-state index contributed by atoms with van der Waals surface area (Å²) in [5, 5.41) is 0. The summed E-state index contributed by atoms with van der Waals surface area (Å²) >= 11 is 0. The summed E-state index contributed by atoms with van der Waals surface area (Å²) < 4.78 is 12.7. The minimum absolute atomic E-state index is 0.180. The van der Waals surface area contributed by atoms with E-state index in [1.165, 1.54) is 11.1 Å². The Kier molecular flexibility index (Phi) is 4.35. The van der Waals surface area contributed by atoms with Gasteiger partial charge in [-0.05, 0) is 45.2 Å². The molecule has 1 aliphatic rings. The van der Waals surface area contributed by atoms with E-state index in [-0.39, 0.29) is 24.1 Å². The molecule has 1 atom stereocenters. The Balaban J connectivity index is 1.91. The molecule has 0 saturated carbocycles. The van der Waals surface area contributed by atoms with Crippen LogP contribution < -0.4 is 0 Å². The predicted molar refractivity (Wildman–Crippen MR) is 95.4 cm³/mol. The second kappa shape index (κ2) is 6.14. The van der Waals surface area contributed by atoms with Crippen LogP contribution in [0.4, 0.5) is 0 Å². The van der Waals surface area contributed by atoms with E-state index in [2.05, 4.69) is 82.3 Å². The molecule has 1 saturated heterocycles. The second-order valence-corrected chi connectivity index (χ2v) is 7.33. The van der Waals surface area contributed by atoms with Gasteiger partial charge in [-0.2, -0.15) is 0 Å². The molecule has 0 spiro atoms. The largest absolute Gasteiger partial charge is 0.466 e. The second-order valence-electron chi connectivity index (χ2n) is 7.33. The van der Waals surface area contributed by atoms with Gasteiger partial charge in [0.1, 0.15) is 0 Å². The first-order valence-corrected chi connectivity index (χ1v) is 8.33. The molecule has 0 radical (unpaired) electrons. The van der Waals surface area contributed by atoms with E-state index < -0.39 is 0 Å². The lowest BCUT2D eigenvalue weighted by molar-refractivity contribution is 0.00578. The van der Waals surface area contributed by atoms with Gasteiger partial charge in [0, 0.05) is 5.82 Å². The molecule has 0 unspecified atom stereocenters. The third-order valence-corrected chi connectivity index (χ3v) is 5.13. The molecule has 3 rings (SSSR count). The van der Waals surface area contributed by atoms with Gasteiger partial charge in [0.05, 0.1) is 11.2 Å². The van der Waals surface area contributed by atoms with Gasteiger partial charge in [0.15, 0.2) is 0 Å². The smallest absolute Gasteiger partial charge is 0.403 e. The van der Waals surface area contributed by atoms with Gasteiger partial charge in [-0.25, -0.2) is 0 Å². The number of rotatable bonds is 4. The molecule has 0 aromatic heterocycles. The maximum atomic E-state index is 6.33. The lowest BCUT2D eigenvalue weighted by Crippen LogP contribution is -2.41. The van der Waals surface area contributed by atoms with Crippen molar-refractivity contribution in [3.05, 3.63) is 71.8 Å². The summed E-state index contributed by atoms with van der Waals surface area (Å²) in [5.74, 6) is 0.180. The van der Waals surface area contributed by atoms with Crippen molar-refractivity contribution in [3.63, 3.8) is 0 Å². The van der Waals surface area contributed by atoms with Crippen LogP contribution in [0, 0.1) is 0 Å². The van der Waals surface area contributed by atoms with Gasteiger partial charge < -0.3 is 9.31 Å². The standard InChI is InChI=1S/C20H25BO2/c1-19(2)20(3,4)23-21(22-19)18(17-13-9-6-10-14-17)15-16-11-7-5-8-12-16/h5-14,18H,15H2,1-4H3/t18-/m1/s1. The minimum atomic E-state index is -0.304. The molecule has 1 heterocycles. The third-order valence-electron chi connectivity index (χ3n) is 5.13. The molecular weight excluding hydrogens is 283 g/mol. The fourth-order valence-corrected chi connectivity index (χ4v) is 2.99. The van der Waals surface area contributed by atoms with Crippen LogP contribution in [0.15, 0.2) is 60.7 Å². The van der Waals surface area contributed by atoms with E-state index in [4.69, 9.17) is 9.31 Å². The number of hydrogen-bond donors (Lipinski definition) is 0. The minimum Gasteiger partial charge on any atom is -0.403 e. The maximum Gasteiger partial charge on any atom is 0.466 e. The predicted octanol–water partition coefficient (Wildman–Crippen LogP) is 4.64. The molecule has 2 nitrogen and oxygen atoms in total. The van der Waals surface area contributed by atoms with Crippen molar-refractivity contribution in [2.45, 2.75) is 51.1 Å². The topological polar surface area (TPSA) is 18.5 Å². The fraction of sp³-hybridized carbons (Fsp3) is 0.400. The average Bonchev–Trinajstić information content (AvgIpc) is 2.75. The van der Waals surface area contributed by atoms with Gasteiger partial charge >= 0.3 is 7.12 Å². The van der Waals surface area contributed by atoms with Crippen LogP contribution in [0.2, 0.25) is 0 Å². The van der Waals surface area contributed by atoms with E-state index in [0.29, 0.717) is 0 Å². The van der Waals surface area contributed by atoms with Crippen LogP contribution in [0.25, 0.3) is 0 Å². The van der Waals surface area contributed by atoms with Gasteiger partial charge in [-0.1, -0.05) is 60.7 Å². The molecule has 120 valence electrons. The molecule has 23 heavy (non-hydrogen) atoms. The fourth-order valence-electron chi connectivity index (χ4n) is 2.99. The number of benzene rings is 2. The Morgan fingerprint density at radius 1 is 0.783 bits per heavy atom. The highest BCUT2D eigenvalue weighted by atomic mass is 16.7. The van der Waals surface area contributed by atoms with Crippen LogP contribution in [0.1, 0.15) is 44.6 Å². The maximum absolute atomic E-state index is 6.33. The molecule has 0 bridgehead atoms. The molecule has 0 aliphatic carbocycles. The van der Waals surface area contributed by atoms with Crippen LogP contribution in [-0.4, -0.2) is 18.3 Å². The van der Waals surface area contributed by atoms with Crippen LogP contribution in [-0.2, 0) is 15.7 Å². The van der Waals surface area contributed by atoms with Crippen molar-refractivity contribution in [2.24, 2.45) is 0 Å². The Morgan fingerprint density at radius 2 is 1.26 bits per heavy atom. The summed E-state index contributed by atoms with van der Waals surface area (Å²) in [6.07, 6.45) is 0.904. The SMILES string of the molecule is CC1(C)OB([C@H](Cc2ccccc2)c2ccccc2)OC1(C)C. The van der Waals surface area contributed by atoms with Crippen LogP contribution >= 0.6 is 0 Å². The van der Waals surface area contributed by atoms with Gasteiger partial charge in [0.25, 0.3) is 0 Å². The zero-order valence-electron chi connectivity index (χ0n) is 14.5. The van der Waals surface area contributed by atoms with Crippen molar-refractivity contribution in [1.29, 1.82) is 0 Å². The Hall–Kier alpha value is -1.58. The monoisotopic (exact) mass is 308 g/mol. The molecule has 1 aliphatic heterocycles. The zero-order valence-corrected chi connectivity index (χ0v) is 14.5. The Labute approximate surface area is 140 Å². The van der Waals surface area contributed by atoms with Crippen LogP contribution in [0.5, 0.6) is 0 Å². The Bertz CT molecular complexity index is 621. The molecule has 0 N–H and O–H groups in total. The van der Waals surface area contributed by atoms with Gasteiger partial charge in [0.2, 0.25) is 0 Å². The van der Waals surface area contributed by atoms with Gasteiger partial charge in [-0.15, -0.1) is 0 Å². The van der Waals surface area contributed by atoms with E-state index in [1.54, 1.807) is 0 Å². The molecule has 2 aromatic rings. The highest BCUT2D eigenvalue weighted by molar-refractivity contribution is 6.47. The molecular formula is C20H25BO2. The molecule has 0 amide bonds. The molecule has 2 aromatic carbocycles. The first kappa shape index (κ1) is 16.3. The van der Waals surface area contributed by atoms with Crippen molar-refractivity contribution in [2.75, 3.05) is 0 Å². The lowest BCUT2D eigenvalue weighted by Gasteiger charge is -2.32. The van der Waals surface area contributed by atoms with E-state index >= 15 is 0 Å². The van der Waals surface area contributed by atoms with Crippen molar-refractivity contribution in [1.82, 2.24) is 0 Å². The Morgan fingerprint density at radius 3 is 1.78 bits per heavy atom. The average molecular weight is 308 g/mol. The van der Waals surface area contributed by atoms with E-state index in [0.717, 1.165) is 6.42 Å². The summed E-state index contributed by atoms with van der Waals surface area (Å²) in [6, 6.07) is 21.1. The third kappa shape index (κ3) is 3.36. The summed E-state index contributed by atoms with van der Waals surface area (Å²) in [7, 11) is -0.234. The summed E-state index contributed by atoms with van der Waals surface area (Å²) in [5.41, 5.74) is 1.95. The molecule has 1 fully saturated rings. The first-order valence-electron chi connectivity index (χ1n) is 8.33. The zero-order chi connectivity index (χ0) is 16.5. The van der Waals surface area contributed by atoms with Crippen molar-refractivity contribution in [3.8, 4) is 0 Å². The van der Waals surface area contributed by atoms with E-state index in [9.17, 15) is 0 Å². The van der Waals surface area contributed by atoms with Crippen molar-refractivity contribution >= 4 is 7.12 Å². The summed E-state index contributed by atoms with van der Waals surface area (Å²) in [4.78, 5) is 0. The van der Waals surface area contributed by atoms with E-state index in [1.807, 2.05) is 6.07 Å². The summed E-state index contributed by atoms with van der Waals surface area (Å²) in [6.45, 7) is 8.43. The number of hydrogen-bond acceptors (Lipinski definition) is 2. The van der Waals surface area contributed by atoms with Crippen LogP contribution in [0.3, 0.4) is 0 Å². The molecule has 3 heteroatoms. The first-order chi connectivity index (χ1) is 10.9. The quantitative estimate of drug-likeness (QED) is 0.766. The normalized spacial score (nSPS) is 20.4. The lowest BCUT2D eigenvalue weighted by atomic mass is 9.65. The highest BCUT2D eigenvalue weighted by Crippen LogP contribution is 2.41. The highest BCUT2D eigenvalue weighted by Gasteiger charge is 2.53. The van der Waals surface area contributed by atoms with Crippen molar-refractivity contribution < 1.29 is 9.31 Å².